The van der Waals surface area contributed by atoms with Crippen molar-refractivity contribution in [3.63, 3.8) is 0 Å². The van der Waals surface area contributed by atoms with Crippen molar-refractivity contribution in [1.29, 1.82) is 0 Å². The molecule has 4 saturated carbocycles. The van der Waals surface area contributed by atoms with Crippen molar-refractivity contribution in [2.24, 2.45) is 23.2 Å². The number of carbonyl (C=O) groups is 2. The summed E-state index contributed by atoms with van der Waals surface area (Å²) in [6.07, 6.45) is 10.2. The fraction of sp³-hybridized carbons (Fsp3) is 0.739. The zero-order valence-electron chi connectivity index (χ0n) is 17.8. The minimum absolute atomic E-state index is 0.127. The number of nitrogens with one attached hydrogen (secondary N) is 1. The third-order valence-electron chi connectivity index (χ3n) is 7.88. The van der Waals surface area contributed by atoms with Crippen LogP contribution in [0.1, 0.15) is 51.4 Å². The van der Waals surface area contributed by atoms with Crippen molar-refractivity contribution in [2.45, 2.75) is 51.4 Å². The molecule has 0 radical (unpaired) electrons. The Morgan fingerprint density at radius 3 is 2.43 bits per heavy atom. The maximum absolute atomic E-state index is 13.1. The topological polar surface area (TPSA) is 78.4 Å². The molecule has 7 nitrogen and oxygen atoms in total. The highest BCUT2D eigenvalue weighted by atomic mass is 16.2. The van der Waals surface area contributed by atoms with Gasteiger partial charge in [0.15, 0.2) is 5.82 Å². The van der Waals surface area contributed by atoms with Gasteiger partial charge in [0, 0.05) is 50.8 Å². The van der Waals surface area contributed by atoms with Gasteiger partial charge in [-0.3, -0.25) is 9.59 Å². The van der Waals surface area contributed by atoms with E-state index in [9.17, 15) is 9.59 Å². The van der Waals surface area contributed by atoms with Crippen LogP contribution < -0.4 is 10.2 Å². The number of aromatic nitrogens is 2. The molecule has 6 rings (SSSR count). The lowest BCUT2D eigenvalue weighted by molar-refractivity contribution is -0.146. The number of hydrogen-bond donors (Lipinski definition) is 1. The summed E-state index contributed by atoms with van der Waals surface area (Å²) >= 11 is 0. The predicted molar refractivity (Wildman–Crippen MR) is 114 cm³/mol. The predicted octanol–water partition coefficient (Wildman–Crippen LogP) is 2.24. The Kier molecular flexibility index (Phi) is 5.37. The molecule has 1 aliphatic heterocycles. The van der Waals surface area contributed by atoms with E-state index >= 15 is 0 Å². The molecular weight excluding hydrogens is 378 g/mol. The summed E-state index contributed by atoms with van der Waals surface area (Å²) < 4.78 is 0. The van der Waals surface area contributed by atoms with Gasteiger partial charge in [-0.2, -0.15) is 5.10 Å². The van der Waals surface area contributed by atoms with E-state index in [1.807, 2.05) is 17.0 Å². The number of rotatable bonds is 5. The van der Waals surface area contributed by atoms with Gasteiger partial charge in [0.1, 0.15) is 0 Å². The van der Waals surface area contributed by atoms with Crippen LogP contribution in [0.15, 0.2) is 18.3 Å². The summed E-state index contributed by atoms with van der Waals surface area (Å²) in [4.78, 5) is 29.9. The van der Waals surface area contributed by atoms with Crippen molar-refractivity contribution in [1.82, 2.24) is 20.4 Å². The molecule has 4 aliphatic carbocycles. The van der Waals surface area contributed by atoms with Gasteiger partial charge in [-0.15, -0.1) is 5.10 Å². The molecule has 0 spiro atoms. The summed E-state index contributed by atoms with van der Waals surface area (Å²) in [5, 5.41) is 11.3. The second kappa shape index (κ2) is 8.16. The summed E-state index contributed by atoms with van der Waals surface area (Å²) in [6, 6.07) is 3.85. The highest BCUT2D eigenvalue weighted by molar-refractivity contribution is 5.84. The van der Waals surface area contributed by atoms with E-state index in [1.165, 1.54) is 19.3 Å². The van der Waals surface area contributed by atoms with Crippen LogP contribution in [0.4, 0.5) is 5.82 Å². The quantitative estimate of drug-likeness (QED) is 0.804. The molecule has 1 N–H and O–H groups in total. The fourth-order valence-electron chi connectivity index (χ4n) is 6.88. The molecule has 7 heteroatoms. The number of anilines is 1. The van der Waals surface area contributed by atoms with Gasteiger partial charge in [0.05, 0.1) is 0 Å². The number of carbonyl (C=O) groups excluding carboxylic acids is 2. The molecule has 162 valence electrons. The molecule has 5 fully saturated rings. The Bertz CT molecular complexity index is 748. The average molecular weight is 412 g/mol. The average Bonchev–Trinajstić information content (AvgIpc) is 3.00. The van der Waals surface area contributed by atoms with Gasteiger partial charge in [-0.05, 0) is 74.8 Å². The fourth-order valence-corrected chi connectivity index (χ4v) is 6.88. The maximum Gasteiger partial charge on any atom is 0.226 e. The van der Waals surface area contributed by atoms with Crippen LogP contribution in [0.5, 0.6) is 0 Å². The number of amides is 2. The molecule has 30 heavy (non-hydrogen) atoms. The van der Waals surface area contributed by atoms with E-state index in [4.69, 9.17) is 0 Å². The van der Waals surface area contributed by atoms with Gasteiger partial charge in [0.2, 0.25) is 11.8 Å². The first-order chi connectivity index (χ1) is 14.6. The number of hydrogen-bond acceptors (Lipinski definition) is 5. The molecule has 0 unspecified atom stereocenters. The molecule has 0 atom stereocenters. The van der Waals surface area contributed by atoms with Gasteiger partial charge in [0.25, 0.3) is 0 Å². The summed E-state index contributed by atoms with van der Waals surface area (Å²) in [5.74, 6) is 3.52. The van der Waals surface area contributed by atoms with Gasteiger partial charge in [-0.25, -0.2) is 0 Å². The van der Waals surface area contributed by atoms with E-state index in [-0.39, 0.29) is 17.2 Å². The Hall–Kier alpha value is -2.18. The van der Waals surface area contributed by atoms with Crippen molar-refractivity contribution >= 4 is 17.6 Å². The molecule has 1 saturated heterocycles. The summed E-state index contributed by atoms with van der Waals surface area (Å²) in [7, 11) is 0. The van der Waals surface area contributed by atoms with Crippen LogP contribution in [-0.2, 0) is 9.59 Å². The molecule has 2 heterocycles. The summed E-state index contributed by atoms with van der Waals surface area (Å²) in [5.41, 5.74) is -0.127. The second-order valence-corrected chi connectivity index (χ2v) is 10.0. The minimum atomic E-state index is -0.127. The van der Waals surface area contributed by atoms with Crippen LogP contribution in [0.2, 0.25) is 0 Å². The van der Waals surface area contributed by atoms with Gasteiger partial charge < -0.3 is 15.1 Å². The zero-order valence-corrected chi connectivity index (χ0v) is 17.8. The molecular formula is C23H33N5O2. The van der Waals surface area contributed by atoms with Crippen LogP contribution in [0.3, 0.4) is 0 Å². The van der Waals surface area contributed by atoms with Crippen LogP contribution in [-0.4, -0.2) is 59.6 Å². The Balaban J connectivity index is 1.09. The highest BCUT2D eigenvalue weighted by Gasteiger charge is 2.54. The highest BCUT2D eigenvalue weighted by Crippen LogP contribution is 2.60. The van der Waals surface area contributed by atoms with E-state index in [2.05, 4.69) is 20.4 Å². The molecule has 4 bridgehead atoms. The SMILES string of the molecule is O=C(CCNC(=O)C12CC3CC(CC(C3)C1)C2)N1CCCN(c2cccnn2)CC1. The molecule has 0 aromatic carbocycles. The van der Waals surface area contributed by atoms with Gasteiger partial charge >= 0.3 is 0 Å². The van der Waals surface area contributed by atoms with Crippen LogP contribution >= 0.6 is 0 Å². The Morgan fingerprint density at radius 1 is 1.03 bits per heavy atom. The molecule has 5 aliphatic rings. The first-order valence-corrected chi connectivity index (χ1v) is 11.7. The minimum Gasteiger partial charge on any atom is -0.355 e. The lowest BCUT2D eigenvalue weighted by Gasteiger charge is -2.55. The van der Waals surface area contributed by atoms with Crippen molar-refractivity contribution in [3.8, 4) is 0 Å². The molecule has 1 aromatic heterocycles. The van der Waals surface area contributed by atoms with E-state index in [1.54, 1.807) is 6.20 Å². The summed E-state index contributed by atoms with van der Waals surface area (Å²) in [6.45, 7) is 3.57. The third-order valence-corrected chi connectivity index (χ3v) is 7.88. The van der Waals surface area contributed by atoms with Crippen molar-refractivity contribution < 1.29 is 9.59 Å². The lowest BCUT2D eigenvalue weighted by Crippen LogP contribution is -2.53. The third kappa shape index (κ3) is 3.91. The number of nitrogens with zero attached hydrogens (tertiary/aromatic N) is 4. The van der Waals surface area contributed by atoms with Crippen molar-refractivity contribution in [2.75, 3.05) is 37.6 Å². The second-order valence-electron chi connectivity index (χ2n) is 10.0. The van der Waals surface area contributed by atoms with Gasteiger partial charge in [-0.1, -0.05) is 0 Å². The van der Waals surface area contributed by atoms with E-state index in [0.29, 0.717) is 19.5 Å². The maximum atomic E-state index is 13.1. The Labute approximate surface area is 178 Å². The molecule has 2 amide bonds. The largest absolute Gasteiger partial charge is 0.355 e. The zero-order chi connectivity index (χ0) is 20.6. The van der Waals surface area contributed by atoms with Crippen LogP contribution in [0, 0.1) is 23.2 Å². The molecule has 1 aromatic rings. The first-order valence-electron chi connectivity index (χ1n) is 11.7. The smallest absolute Gasteiger partial charge is 0.226 e. The normalized spacial score (nSPS) is 32.7. The van der Waals surface area contributed by atoms with Crippen molar-refractivity contribution in [3.05, 3.63) is 18.3 Å². The Morgan fingerprint density at radius 2 is 1.77 bits per heavy atom. The van der Waals surface area contributed by atoms with E-state index < -0.39 is 0 Å². The lowest BCUT2D eigenvalue weighted by atomic mass is 9.49. The van der Waals surface area contributed by atoms with Crippen LogP contribution in [0.25, 0.3) is 0 Å². The monoisotopic (exact) mass is 411 g/mol. The first kappa shape index (κ1) is 19.8. The standard InChI is InChI=1S/C23H33N5O2/c29-21(28-8-2-7-27(9-10-28)20-3-1-5-25-26-20)4-6-24-22(30)23-14-17-11-18(15-23)13-19(12-17)16-23/h1,3,5,17-19H,2,4,6-16H2,(H,24,30). The van der Waals surface area contributed by atoms with E-state index in [0.717, 1.165) is 68.9 Å².